The first-order valence-electron chi connectivity index (χ1n) is 8.30. The van der Waals surface area contributed by atoms with Crippen molar-refractivity contribution in [3.8, 4) is 17.3 Å². The van der Waals surface area contributed by atoms with Gasteiger partial charge in [-0.2, -0.15) is 10.2 Å². The quantitative estimate of drug-likeness (QED) is 0.440. The second-order valence-corrected chi connectivity index (χ2v) is 5.66. The number of benzene rings is 1. The molecule has 0 bridgehead atoms. The van der Waals surface area contributed by atoms with Crippen molar-refractivity contribution in [1.29, 1.82) is 5.26 Å². The van der Waals surface area contributed by atoms with E-state index in [0.29, 0.717) is 36.2 Å². The van der Waals surface area contributed by atoms with Gasteiger partial charge in [0.15, 0.2) is 0 Å². The smallest absolute Gasteiger partial charge is 0.248 e. The third-order valence-electron chi connectivity index (χ3n) is 3.75. The van der Waals surface area contributed by atoms with Gasteiger partial charge >= 0.3 is 0 Å². The Kier molecular flexibility index (Phi) is 5.57. The summed E-state index contributed by atoms with van der Waals surface area (Å²) < 4.78 is 0. The lowest BCUT2D eigenvalue weighted by Gasteiger charge is -2.08. The zero-order valence-corrected chi connectivity index (χ0v) is 14.8. The number of nitriles is 1. The number of primary amides is 1. The van der Waals surface area contributed by atoms with Crippen LogP contribution >= 0.6 is 0 Å². The number of rotatable bonds is 7. The molecular weight excluding hydrogens is 358 g/mol. The molecular formula is C18H17N9O. The van der Waals surface area contributed by atoms with E-state index in [4.69, 9.17) is 16.7 Å². The second kappa shape index (κ2) is 8.41. The molecule has 6 N–H and O–H groups in total. The third kappa shape index (κ3) is 4.47. The standard InChI is InChI=1S/C18H17N9O/c19-9-13-10-25-18(27-15(13)20)24-8-7-23-17-22-6-5-14(26-17)11-1-3-12(4-2-11)16(21)28/h1-6,10H,7-8H2,(H2,21,28)(H,22,23,26)(H3,20,24,25,27). The Hall–Kier alpha value is -4.26. The molecule has 0 aliphatic carbocycles. The number of anilines is 3. The zero-order valence-electron chi connectivity index (χ0n) is 14.8. The molecule has 3 aromatic rings. The average Bonchev–Trinajstić information content (AvgIpc) is 2.71. The normalized spacial score (nSPS) is 10.1. The molecule has 0 saturated heterocycles. The molecule has 10 nitrogen and oxygen atoms in total. The second-order valence-electron chi connectivity index (χ2n) is 5.66. The number of hydrogen-bond acceptors (Lipinski definition) is 9. The van der Waals surface area contributed by atoms with E-state index in [1.54, 1.807) is 36.5 Å². The number of aromatic nitrogens is 4. The number of nitrogen functional groups attached to an aromatic ring is 1. The molecule has 2 aromatic heterocycles. The van der Waals surface area contributed by atoms with Gasteiger partial charge in [-0.1, -0.05) is 12.1 Å². The number of hydrogen-bond donors (Lipinski definition) is 4. The minimum Gasteiger partial charge on any atom is -0.382 e. The summed E-state index contributed by atoms with van der Waals surface area (Å²) in [4.78, 5) is 27.8. The molecule has 0 atom stereocenters. The van der Waals surface area contributed by atoms with Crippen molar-refractivity contribution in [3.63, 3.8) is 0 Å². The maximum Gasteiger partial charge on any atom is 0.248 e. The van der Waals surface area contributed by atoms with Crippen LogP contribution in [0.25, 0.3) is 11.3 Å². The molecule has 0 saturated carbocycles. The van der Waals surface area contributed by atoms with Crippen LogP contribution in [0.4, 0.5) is 17.7 Å². The highest BCUT2D eigenvalue weighted by molar-refractivity contribution is 5.93. The average molecular weight is 375 g/mol. The van der Waals surface area contributed by atoms with Crippen molar-refractivity contribution in [2.75, 3.05) is 29.5 Å². The lowest BCUT2D eigenvalue weighted by atomic mass is 10.1. The summed E-state index contributed by atoms with van der Waals surface area (Å²) in [5.41, 5.74) is 13.1. The summed E-state index contributed by atoms with van der Waals surface area (Å²) in [7, 11) is 0. The van der Waals surface area contributed by atoms with Gasteiger partial charge in [0.1, 0.15) is 17.5 Å². The van der Waals surface area contributed by atoms with Crippen molar-refractivity contribution in [3.05, 3.63) is 53.9 Å². The molecule has 0 radical (unpaired) electrons. The van der Waals surface area contributed by atoms with Crippen molar-refractivity contribution in [2.45, 2.75) is 0 Å². The number of carbonyl (C=O) groups is 1. The van der Waals surface area contributed by atoms with Gasteiger partial charge in [-0.25, -0.2) is 15.0 Å². The van der Waals surface area contributed by atoms with Crippen LogP contribution in [0.15, 0.2) is 42.7 Å². The molecule has 2 heterocycles. The minimum absolute atomic E-state index is 0.131. The van der Waals surface area contributed by atoms with E-state index in [2.05, 4.69) is 30.6 Å². The highest BCUT2D eigenvalue weighted by atomic mass is 16.1. The molecule has 0 fully saturated rings. The van der Waals surface area contributed by atoms with Crippen molar-refractivity contribution in [1.82, 2.24) is 19.9 Å². The lowest BCUT2D eigenvalue weighted by Crippen LogP contribution is -2.17. The Bertz CT molecular complexity index is 1030. The summed E-state index contributed by atoms with van der Waals surface area (Å²) in [6, 6.07) is 10.5. The summed E-state index contributed by atoms with van der Waals surface area (Å²) >= 11 is 0. The molecule has 3 rings (SSSR count). The Morgan fingerprint density at radius 1 is 1.04 bits per heavy atom. The first-order chi connectivity index (χ1) is 13.6. The summed E-state index contributed by atoms with van der Waals surface area (Å²) in [5, 5.41) is 14.9. The van der Waals surface area contributed by atoms with Crippen LogP contribution in [0.2, 0.25) is 0 Å². The third-order valence-corrected chi connectivity index (χ3v) is 3.75. The van der Waals surface area contributed by atoms with E-state index in [0.717, 1.165) is 5.56 Å². The van der Waals surface area contributed by atoms with E-state index in [1.807, 2.05) is 6.07 Å². The van der Waals surface area contributed by atoms with Crippen LogP contribution in [0, 0.1) is 11.3 Å². The molecule has 1 aromatic carbocycles. The maximum atomic E-state index is 11.2. The van der Waals surface area contributed by atoms with Crippen LogP contribution < -0.4 is 22.1 Å². The van der Waals surface area contributed by atoms with E-state index in [9.17, 15) is 4.79 Å². The molecule has 28 heavy (non-hydrogen) atoms. The predicted molar refractivity (Wildman–Crippen MR) is 104 cm³/mol. The topological polar surface area (TPSA) is 169 Å². The van der Waals surface area contributed by atoms with E-state index in [1.165, 1.54) is 6.20 Å². The fraction of sp³-hybridized carbons (Fsp3) is 0.111. The predicted octanol–water partition coefficient (Wildman–Crippen LogP) is 1.01. The Labute approximate surface area is 160 Å². The van der Waals surface area contributed by atoms with Gasteiger partial charge in [0.05, 0.1) is 11.9 Å². The lowest BCUT2D eigenvalue weighted by molar-refractivity contribution is 0.100. The monoisotopic (exact) mass is 375 g/mol. The maximum absolute atomic E-state index is 11.2. The van der Waals surface area contributed by atoms with Gasteiger partial charge in [-0.05, 0) is 18.2 Å². The molecule has 140 valence electrons. The van der Waals surface area contributed by atoms with Gasteiger partial charge in [-0.3, -0.25) is 4.79 Å². The number of nitrogens with one attached hydrogen (secondary N) is 2. The molecule has 0 unspecified atom stereocenters. The van der Waals surface area contributed by atoms with Crippen molar-refractivity contribution < 1.29 is 4.79 Å². The van der Waals surface area contributed by atoms with Crippen LogP contribution in [0.3, 0.4) is 0 Å². The van der Waals surface area contributed by atoms with Gasteiger partial charge in [-0.15, -0.1) is 0 Å². The first-order valence-corrected chi connectivity index (χ1v) is 8.30. The molecule has 0 spiro atoms. The van der Waals surface area contributed by atoms with Crippen molar-refractivity contribution >= 4 is 23.6 Å². The SMILES string of the molecule is N#Cc1cnc(NCCNc2nccc(-c3ccc(C(N)=O)cc3)n2)nc1N. The molecule has 1 amide bonds. The van der Waals surface area contributed by atoms with Crippen molar-refractivity contribution in [2.24, 2.45) is 5.73 Å². The molecule has 10 heteroatoms. The van der Waals surface area contributed by atoms with Crippen LogP contribution in [0.1, 0.15) is 15.9 Å². The Morgan fingerprint density at radius 3 is 2.32 bits per heavy atom. The summed E-state index contributed by atoms with van der Waals surface area (Å²) in [6.07, 6.45) is 3.01. The van der Waals surface area contributed by atoms with Gasteiger partial charge in [0.2, 0.25) is 17.8 Å². The largest absolute Gasteiger partial charge is 0.382 e. The fourth-order valence-electron chi connectivity index (χ4n) is 2.32. The molecule has 0 aliphatic heterocycles. The van der Waals surface area contributed by atoms with E-state index >= 15 is 0 Å². The first kappa shape index (κ1) is 18.5. The van der Waals surface area contributed by atoms with Gasteiger partial charge < -0.3 is 22.1 Å². The van der Waals surface area contributed by atoms with E-state index < -0.39 is 5.91 Å². The number of nitrogens with zero attached hydrogens (tertiary/aromatic N) is 5. The fourth-order valence-corrected chi connectivity index (χ4v) is 2.32. The molecule has 0 aliphatic rings. The van der Waals surface area contributed by atoms with Gasteiger partial charge in [0, 0.05) is 30.4 Å². The summed E-state index contributed by atoms with van der Waals surface area (Å²) in [6.45, 7) is 1.000. The van der Waals surface area contributed by atoms with E-state index in [-0.39, 0.29) is 11.4 Å². The van der Waals surface area contributed by atoms with Crippen LogP contribution in [-0.2, 0) is 0 Å². The van der Waals surface area contributed by atoms with Crippen LogP contribution in [0.5, 0.6) is 0 Å². The number of nitrogens with two attached hydrogens (primary N) is 2. The van der Waals surface area contributed by atoms with Gasteiger partial charge in [0.25, 0.3) is 0 Å². The Morgan fingerprint density at radius 2 is 1.71 bits per heavy atom. The Balaban J connectivity index is 1.57. The number of amides is 1. The highest BCUT2D eigenvalue weighted by Gasteiger charge is 2.05. The highest BCUT2D eigenvalue weighted by Crippen LogP contribution is 2.18. The number of carbonyl (C=O) groups excluding carboxylic acids is 1. The minimum atomic E-state index is -0.475. The summed E-state index contributed by atoms with van der Waals surface area (Å²) in [5.74, 6) is 0.449. The van der Waals surface area contributed by atoms with Crippen LogP contribution in [-0.4, -0.2) is 38.9 Å². The zero-order chi connectivity index (χ0) is 19.9.